The number of ether oxygens (including phenoxy) is 1. The summed E-state index contributed by atoms with van der Waals surface area (Å²) < 4.78 is 6.28. The van der Waals surface area contributed by atoms with Gasteiger partial charge in [-0.05, 0) is 47.9 Å². The molecule has 0 saturated heterocycles. The predicted octanol–water partition coefficient (Wildman–Crippen LogP) is 7.50. The minimum atomic E-state index is -0.660. The number of hydrogen-bond acceptors (Lipinski definition) is 5. The smallest absolute Gasteiger partial charge is 0.303 e. The van der Waals surface area contributed by atoms with E-state index in [1.807, 2.05) is 26.0 Å². The molecule has 4 rings (SSSR count). The van der Waals surface area contributed by atoms with E-state index in [1.54, 1.807) is 36.4 Å². The average molecular weight is 607 g/mol. The van der Waals surface area contributed by atoms with Crippen LogP contribution in [0.5, 0.6) is 0 Å². The Balaban J connectivity index is 2.08. The van der Waals surface area contributed by atoms with Crippen molar-refractivity contribution in [2.75, 3.05) is 11.9 Å². The number of nitrogens with one attached hydrogen (secondary N) is 1. The van der Waals surface area contributed by atoms with Crippen LogP contribution in [0.2, 0.25) is 20.1 Å². The highest BCUT2D eigenvalue weighted by molar-refractivity contribution is 6.37. The Kier molecular flexibility index (Phi) is 8.86. The van der Waals surface area contributed by atoms with Gasteiger partial charge >= 0.3 is 5.97 Å². The molecule has 0 radical (unpaired) electrons. The van der Waals surface area contributed by atoms with E-state index in [9.17, 15) is 14.4 Å². The topological polar surface area (TPSA) is 90.3 Å². The van der Waals surface area contributed by atoms with Crippen LogP contribution in [0.1, 0.15) is 20.8 Å². The zero-order valence-corrected chi connectivity index (χ0v) is 24.2. The number of fused-ring (bicyclic) bond motifs is 1. The number of aromatic nitrogens is 2. The Morgan fingerprint density at radius 2 is 1.64 bits per heavy atom. The third-order valence-corrected chi connectivity index (χ3v) is 6.89. The highest BCUT2D eigenvalue weighted by Crippen LogP contribution is 2.40. The Bertz CT molecular complexity index is 1650. The molecule has 0 unspecified atom stereocenters. The van der Waals surface area contributed by atoms with Crippen molar-refractivity contribution in [2.24, 2.45) is 5.92 Å². The quantitative estimate of drug-likeness (QED) is 0.220. The molecule has 0 atom stereocenters. The molecule has 1 amide bonds. The second kappa shape index (κ2) is 12.0. The number of nitrogens with zero attached hydrogens (tertiary/aromatic N) is 2. The lowest BCUT2D eigenvalue weighted by atomic mass is 9.97. The lowest BCUT2D eigenvalue weighted by Gasteiger charge is -2.20. The zero-order valence-electron chi connectivity index (χ0n) is 21.1. The van der Waals surface area contributed by atoms with Gasteiger partial charge in [-0.3, -0.25) is 19.0 Å². The summed E-state index contributed by atoms with van der Waals surface area (Å²) in [5.74, 6) is -1.21. The van der Waals surface area contributed by atoms with Crippen molar-refractivity contribution in [3.05, 3.63) is 79.0 Å². The van der Waals surface area contributed by atoms with Gasteiger partial charge in [0.05, 0.1) is 16.4 Å². The standard InChI is InChI=1S/C28H23Cl4N3O4/c1-14(2)12-35-27-21(26(24(32)28(35)38)33-23(37)13-39-15(3)36)11-20(16-4-6-17(29)7-5-16)25(34-27)19-9-8-18(30)10-22(19)31/h4-11,14H,12-13H2,1-3H3,(H,33,37). The summed E-state index contributed by atoms with van der Waals surface area (Å²) in [4.78, 5) is 42.2. The monoisotopic (exact) mass is 605 g/mol. The molecule has 2 aromatic heterocycles. The minimum Gasteiger partial charge on any atom is -0.456 e. The van der Waals surface area contributed by atoms with Crippen LogP contribution in [0.4, 0.5) is 5.69 Å². The highest BCUT2D eigenvalue weighted by atomic mass is 35.5. The molecular formula is C28H23Cl4N3O4. The highest BCUT2D eigenvalue weighted by Gasteiger charge is 2.23. The Labute approximate surface area is 244 Å². The van der Waals surface area contributed by atoms with E-state index in [4.69, 9.17) is 56.1 Å². The number of esters is 1. The number of hydrogen-bond donors (Lipinski definition) is 1. The number of benzene rings is 2. The van der Waals surface area contributed by atoms with E-state index >= 15 is 0 Å². The van der Waals surface area contributed by atoms with Crippen molar-refractivity contribution in [1.29, 1.82) is 0 Å². The van der Waals surface area contributed by atoms with Gasteiger partial charge in [0.15, 0.2) is 6.61 Å². The Hall–Kier alpha value is -3.10. The SMILES string of the molecule is CC(=O)OCC(=O)Nc1c(Cl)c(=O)n(CC(C)C)c2nc(-c3ccc(Cl)cc3Cl)c(-c3ccc(Cl)cc3)cc12. The molecule has 39 heavy (non-hydrogen) atoms. The fourth-order valence-electron chi connectivity index (χ4n) is 4.07. The largest absolute Gasteiger partial charge is 0.456 e. The summed E-state index contributed by atoms with van der Waals surface area (Å²) in [5, 5.41) is 4.22. The number of carbonyl (C=O) groups is 2. The van der Waals surface area contributed by atoms with Crippen LogP contribution in [0.25, 0.3) is 33.4 Å². The summed E-state index contributed by atoms with van der Waals surface area (Å²) in [6, 6.07) is 14.0. The summed E-state index contributed by atoms with van der Waals surface area (Å²) in [7, 11) is 0. The van der Waals surface area contributed by atoms with Crippen molar-refractivity contribution in [3.8, 4) is 22.4 Å². The van der Waals surface area contributed by atoms with Gasteiger partial charge < -0.3 is 10.1 Å². The van der Waals surface area contributed by atoms with Crippen LogP contribution in [0.3, 0.4) is 0 Å². The fourth-order valence-corrected chi connectivity index (χ4v) is 4.94. The van der Waals surface area contributed by atoms with E-state index < -0.39 is 24.0 Å². The molecule has 2 aromatic carbocycles. The van der Waals surface area contributed by atoms with Crippen LogP contribution in [0.15, 0.2) is 53.3 Å². The van der Waals surface area contributed by atoms with Crippen LogP contribution >= 0.6 is 46.4 Å². The van der Waals surface area contributed by atoms with E-state index in [1.165, 1.54) is 11.5 Å². The minimum absolute atomic E-state index is 0.0605. The van der Waals surface area contributed by atoms with Gasteiger partial charge in [-0.25, -0.2) is 4.98 Å². The lowest BCUT2D eigenvalue weighted by Crippen LogP contribution is -2.27. The van der Waals surface area contributed by atoms with Gasteiger partial charge in [-0.2, -0.15) is 0 Å². The molecule has 2 heterocycles. The zero-order chi connectivity index (χ0) is 28.4. The number of anilines is 1. The number of halogens is 4. The van der Waals surface area contributed by atoms with Gasteiger partial charge in [-0.15, -0.1) is 0 Å². The summed E-state index contributed by atoms with van der Waals surface area (Å²) in [6.07, 6.45) is 0. The predicted molar refractivity (Wildman–Crippen MR) is 157 cm³/mol. The molecule has 0 saturated carbocycles. The van der Waals surface area contributed by atoms with Crippen LogP contribution in [-0.4, -0.2) is 28.0 Å². The average Bonchev–Trinajstić information content (AvgIpc) is 2.88. The molecule has 0 aliphatic heterocycles. The molecule has 11 heteroatoms. The van der Waals surface area contributed by atoms with Crippen molar-refractivity contribution >= 4 is 75.0 Å². The van der Waals surface area contributed by atoms with Crippen LogP contribution in [0, 0.1) is 5.92 Å². The summed E-state index contributed by atoms with van der Waals surface area (Å²) in [6.45, 7) is 4.88. The first-order chi connectivity index (χ1) is 18.5. The molecule has 0 aliphatic carbocycles. The van der Waals surface area contributed by atoms with E-state index in [2.05, 4.69) is 5.32 Å². The molecule has 1 N–H and O–H groups in total. The number of amides is 1. The number of pyridine rings is 2. The third kappa shape index (κ3) is 6.39. The molecule has 4 aromatic rings. The summed E-state index contributed by atoms with van der Waals surface area (Å²) in [5.41, 5.74) is 2.30. The molecular weight excluding hydrogens is 584 g/mol. The van der Waals surface area contributed by atoms with Crippen molar-refractivity contribution < 1.29 is 14.3 Å². The molecule has 7 nitrogen and oxygen atoms in total. The molecule has 0 fully saturated rings. The Morgan fingerprint density at radius 1 is 0.974 bits per heavy atom. The lowest BCUT2D eigenvalue weighted by molar-refractivity contribution is -0.144. The van der Waals surface area contributed by atoms with Gasteiger partial charge in [-0.1, -0.05) is 72.4 Å². The second-order valence-electron chi connectivity index (χ2n) is 9.21. The second-order valence-corrected chi connectivity index (χ2v) is 10.9. The van der Waals surface area contributed by atoms with E-state index in [-0.39, 0.29) is 16.6 Å². The van der Waals surface area contributed by atoms with Crippen molar-refractivity contribution in [3.63, 3.8) is 0 Å². The number of carbonyl (C=O) groups excluding carboxylic acids is 2. The first-order valence-corrected chi connectivity index (χ1v) is 13.4. The van der Waals surface area contributed by atoms with Gasteiger partial charge in [0.25, 0.3) is 11.5 Å². The third-order valence-electron chi connectivity index (χ3n) is 5.74. The number of rotatable bonds is 7. The van der Waals surface area contributed by atoms with Crippen molar-refractivity contribution in [2.45, 2.75) is 27.3 Å². The molecule has 202 valence electrons. The summed E-state index contributed by atoms with van der Waals surface area (Å²) >= 11 is 25.5. The van der Waals surface area contributed by atoms with E-state index in [0.717, 1.165) is 5.56 Å². The Morgan fingerprint density at radius 3 is 2.26 bits per heavy atom. The van der Waals surface area contributed by atoms with Crippen molar-refractivity contribution in [1.82, 2.24) is 9.55 Å². The van der Waals surface area contributed by atoms with Crippen LogP contribution < -0.4 is 10.9 Å². The van der Waals surface area contributed by atoms with Crippen LogP contribution in [-0.2, 0) is 20.9 Å². The fraction of sp³-hybridized carbons (Fsp3) is 0.214. The first-order valence-electron chi connectivity index (χ1n) is 11.9. The molecule has 0 bridgehead atoms. The maximum absolute atomic E-state index is 13.4. The maximum Gasteiger partial charge on any atom is 0.303 e. The normalized spacial score (nSPS) is 11.2. The molecule has 0 spiro atoms. The first kappa shape index (κ1) is 28.9. The van der Waals surface area contributed by atoms with Gasteiger partial charge in [0.1, 0.15) is 10.7 Å². The maximum atomic E-state index is 13.4. The van der Waals surface area contributed by atoms with Gasteiger partial charge in [0.2, 0.25) is 0 Å². The van der Waals surface area contributed by atoms with Gasteiger partial charge in [0, 0.05) is 40.0 Å². The molecule has 0 aliphatic rings. The van der Waals surface area contributed by atoms with E-state index in [0.29, 0.717) is 49.5 Å².